The molecule has 0 unspecified atom stereocenters. The number of aliphatic hydroxyl groups is 1. The van der Waals surface area contributed by atoms with Gasteiger partial charge >= 0.3 is 49.8 Å². The summed E-state index contributed by atoms with van der Waals surface area (Å²) in [4.78, 5) is 0. The molecule has 0 aromatic carbocycles. The standard InChI is InChI=1S/C2H5O2.Au.ClH.6H2O/c3-1-2-4;;;;;;;;/h3H,1-2H2;;1H;6*1H2/q-1;+2;;;;;;;/p-1. The fourth-order valence-corrected chi connectivity index (χ4v) is 0.797. The quantitative estimate of drug-likeness (QED) is 0.363. The molecule has 0 spiro atoms. The summed E-state index contributed by atoms with van der Waals surface area (Å²) >= 11 is -0.499. The second kappa shape index (κ2) is 60.5. The van der Waals surface area contributed by atoms with Crippen molar-refractivity contribution in [3.05, 3.63) is 0 Å². The third-order valence-electron chi connectivity index (χ3n) is 0.186. The first kappa shape index (κ1) is 53.5. The van der Waals surface area contributed by atoms with Gasteiger partial charge in [0.1, 0.15) is 0 Å². The van der Waals surface area contributed by atoms with Crippen molar-refractivity contribution in [2.75, 3.05) is 13.2 Å². The van der Waals surface area contributed by atoms with Gasteiger partial charge < -0.3 is 32.9 Å². The summed E-state index contributed by atoms with van der Waals surface area (Å²) < 4.78 is 4.60. The molecule has 10 heteroatoms. The summed E-state index contributed by atoms with van der Waals surface area (Å²) in [6, 6.07) is 0. The van der Waals surface area contributed by atoms with Gasteiger partial charge in [0.25, 0.3) is 0 Å². The molecule has 13 N–H and O–H groups in total. The van der Waals surface area contributed by atoms with Crippen LogP contribution in [0.4, 0.5) is 0 Å². The Morgan fingerprint density at radius 3 is 1.42 bits per heavy atom. The molecule has 0 amide bonds. The Morgan fingerprint density at radius 2 is 1.33 bits per heavy atom. The van der Waals surface area contributed by atoms with Crippen LogP contribution in [0.5, 0.6) is 0 Å². The number of halogens is 1. The van der Waals surface area contributed by atoms with E-state index in [1.54, 1.807) is 0 Å². The van der Waals surface area contributed by atoms with Crippen molar-refractivity contribution in [1.29, 1.82) is 0 Å². The molecule has 8 nitrogen and oxygen atoms in total. The van der Waals surface area contributed by atoms with Crippen molar-refractivity contribution < 1.29 is 60.3 Å². The van der Waals surface area contributed by atoms with Crippen molar-refractivity contribution >= 4 is 9.19 Å². The van der Waals surface area contributed by atoms with E-state index < -0.39 is 19.1 Å². The van der Waals surface area contributed by atoms with Crippen molar-refractivity contribution in [3.63, 3.8) is 0 Å². The van der Waals surface area contributed by atoms with Crippen LogP contribution in [0, 0.1) is 0 Å². The Bertz CT molecular complexity index is 29.0. The summed E-state index contributed by atoms with van der Waals surface area (Å²) in [6.07, 6.45) is 0. The van der Waals surface area contributed by atoms with Gasteiger partial charge in [-0.3, -0.25) is 0 Å². The van der Waals surface area contributed by atoms with Gasteiger partial charge in [-0.25, -0.2) is 0 Å². The number of aliphatic hydroxyl groups excluding tert-OH is 1. The Morgan fingerprint density at radius 1 is 1.00 bits per heavy atom. The zero-order valence-electron chi connectivity index (χ0n) is 5.95. The molecule has 0 saturated carbocycles. The van der Waals surface area contributed by atoms with E-state index in [9.17, 15) is 0 Å². The fraction of sp³-hybridized carbons (Fsp3) is 1.00. The van der Waals surface area contributed by atoms with Gasteiger partial charge in [0, 0.05) is 0 Å². The van der Waals surface area contributed by atoms with E-state index in [1.165, 1.54) is 0 Å². The normalized spacial score (nSPS) is 4.83. The predicted molar refractivity (Wildman–Crippen MR) is 40.6 cm³/mol. The predicted octanol–water partition coefficient (Wildman–Crippen LogP) is -4.80. The van der Waals surface area contributed by atoms with Crippen LogP contribution in [0.25, 0.3) is 0 Å². The molecule has 0 radical (unpaired) electrons. The van der Waals surface area contributed by atoms with E-state index in [1.807, 2.05) is 0 Å². The number of hydrogen-bond acceptors (Lipinski definition) is 2. The van der Waals surface area contributed by atoms with Gasteiger partial charge in [0.05, 0.1) is 0 Å². The Hall–Kier alpha value is 0.710. The molecule has 0 aromatic heterocycles. The van der Waals surface area contributed by atoms with Crippen LogP contribution in [0.2, 0.25) is 0 Å². The monoisotopic (exact) mass is 401 g/mol. The van der Waals surface area contributed by atoms with Gasteiger partial charge in [-0.05, 0) is 0 Å². The maximum absolute atomic E-state index is 8.03. The first-order valence-corrected chi connectivity index (χ1v) is 4.91. The van der Waals surface area contributed by atoms with Crippen LogP contribution in [-0.2, 0) is 22.3 Å². The molecule has 91 valence electrons. The minimum atomic E-state index is -0.499. The average molecular weight is 402 g/mol. The van der Waals surface area contributed by atoms with Crippen LogP contribution < -0.4 is 0 Å². The molecular formula is C2H17AuClO8. The topological polar surface area (TPSA) is 218 Å². The van der Waals surface area contributed by atoms with Gasteiger partial charge in [0.2, 0.25) is 0 Å². The first-order chi connectivity index (χ1) is 2.91. The van der Waals surface area contributed by atoms with Crippen molar-refractivity contribution in [1.82, 2.24) is 0 Å². The number of rotatable bonds is 3. The summed E-state index contributed by atoms with van der Waals surface area (Å²) in [5.41, 5.74) is 0. The molecular weight excluding hydrogens is 384 g/mol. The van der Waals surface area contributed by atoms with Crippen molar-refractivity contribution in [2.45, 2.75) is 0 Å². The van der Waals surface area contributed by atoms with E-state index in [2.05, 4.69) is 3.24 Å². The van der Waals surface area contributed by atoms with E-state index in [4.69, 9.17) is 14.3 Å². The van der Waals surface area contributed by atoms with Crippen molar-refractivity contribution in [3.8, 4) is 0 Å². The molecule has 0 heterocycles. The fourth-order valence-electron chi connectivity index (χ4n) is 0.0508. The molecule has 0 aliphatic rings. The van der Waals surface area contributed by atoms with Crippen LogP contribution in [0.15, 0.2) is 0 Å². The first-order valence-electron chi connectivity index (χ1n) is 1.34. The molecule has 0 aliphatic heterocycles. The van der Waals surface area contributed by atoms with Gasteiger partial charge in [-0.15, -0.1) is 0 Å². The molecule has 0 bridgehead atoms. The second-order valence-corrected chi connectivity index (χ2v) is 2.28. The van der Waals surface area contributed by atoms with Crippen LogP contribution >= 0.6 is 9.19 Å². The minimum absolute atomic E-state index is 0. The van der Waals surface area contributed by atoms with Crippen LogP contribution in [0.3, 0.4) is 0 Å². The Balaban J connectivity index is -0.00000000833. The van der Waals surface area contributed by atoms with Gasteiger partial charge in [-0.1, -0.05) is 0 Å². The maximum atomic E-state index is 8.03. The molecule has 0 aromatic rings. The van der Waals surface area contributed by atoms with Crippen molar-refractivity contribution in [2.24, 2.45) is 0 Å². The summed E-state index contributed by atoms with van der Waals surface area (Å²) in [5, 5.41) is 8.03. The van der Waals surface area contributed by atoms with Gasteiger partial charge in [0.15, 0.2) is 0 Å². The van der Waals surface area contributed by atoms with E-state index in [0.29, 0.717) is 6.61 Å². The zero-order valence-corrected chi connectivity index (χ0v) is 8.87. The van der Waals surface area contributed by atoms with Crippen LogP contribution in [0.1, 0.15) is 0 Å². The summed E-state index contributed by atoms with van der Waals surface area (Å²) in [6.45, 7) is 0.453. The number of hydrogen-bond donors (Lipinski definition) is 1. The zero-order chi connectivity index (χ0) is 4.83. The Labute approximate surface area is 83.0 Å². The Kier molecular flexibility index (Phi) is 270. The van der Waals surface area contributed by atoms with E-state index >= 15 is 0 Å². The SMILES string of the molecule is O.O.O.O.O.O.OCC[O][Au][Cl]. The van der Waals surface area contributed by atoms with E-state index in [0.717, 1.165) is 0 Å². The van der Waals surface area contributed by atoms with E-state index in [-0.39, 0.29) is 39.5 Å². The molecule has 0 fully saturated rings. The molecule has 0 aliphatic carbocycles. The average Bonchev–Trinajstić information content (AvgIpc) is 1.61. The third-order valence-corrected chi connectivity index (χ3v) is 1.40. The third kappa shape index (κ3) is 73.4. The van der Waals surface area contributed by atoms with Gasteiger partial charge in [-0.2, -0.15) is 0 Å². The van der Waals surface area contributed by atoms with Crippen LogP contribution in [-0.4, -0.2) is 51.2 Å². The molecule has 12 heavy (non-hydrogen) atoms. The summed E-state index contributed by atoms with van der Waals surface area (Å²) in [7, 11) is 5.14. The second-order valence-electron chi connectivity index (χ2n) is 0.561. The molecule has 0 saturated heterocycles. The summed E-state index contributed by atoms with van der Waals surface area (Å²) in [5.74, 6) is 0. The molecule has 0 rings (SSSR count). The molecule has 0 atom stereocenters.